The standard InChI is InChI=1S/C23H27N5O3S2/c1-26(2)33(30,31)17-9-7-16(8-10-17)23(29)28-13-11-27(12-14-28)21-20-18-5-3-4-6-19(18)32-22(20)25-15-24-21/h7-10,15H,3-6,11-14H2,1-2H3. The fourth-order valence-corrected chi connectivity index (χ4v) is 6.72. The number of amides is 1. The topological polar surface area (TPSA) is 86.7 Å². The summed E-state index contributed by atoms with van der Waals surface area (Å²) in [5.41, 5.74) is 1.92. The molecular weight excluding hydrogens is 458 g/mol. The number of sulfonamides is 1. The number of carbonyl (C=O) groups excluding carboxylic acids is 1. The van der Waals surface area contributed by atoms with Crippen molar-refractivity contribution in [2.75, 3.05) is 45.2 Å². The van der Waals surface area contributed by atoms with Gasteiger partial charge in [-0.25, -0.2) is 22.7 Å². The number of benzene rings is 1. The first-order valence-electron chi connectivity index (χ1n) is 11.2. The van der Waals surface area contributed by atoms with E-state index < -0.39 is 10.0 Å². The van der Waals surface area contributed by atoms with Crippen molar-refractivity contribution in [3.05, 3.63) is 46.6 Å². The number of carbonyl (C=O) groups is 1. The van der Waals surface area contributed by atoms with Gasteiger partial charge in [0, 0.05) is 50.7 Å². The van der Waals surface area contributed by atoms with E-state index in [1.165, 1.54) is 54.9 Å². The van der Waals surface area contributed by atoms with Gasteiger partial charge in [-0.2, -0.15) is 0 Å². The number of hydrogen-bond donors (Lipinski definition) is 0. The zero-order valence-electron chi connectivity index (χ0n) is 18.8. The third-order valence-electron chi connectivity index (χ3n) is 6.48. The van der Waals surface area contributed by atoms with E-state index in [-0.39, 0.29) is 10.8 Å². The summed E-state index contributed by atoms with van der Waals surface area (Å²) in [6, 6.07) is 6.18. The van der Waals surface area contributed by atoms with Gasteiger partial charge in [0.25, 0.3) is 5.91 Å². The van der Waals surface area contributed by atoms with Crippen molar-refractivity contribution in [3.8, 4) is 0 Å². The Balaban J connectivity index is 1.31. The normalized spacial score (nSPS) is 16.9. The Bertz CT molecular complexity index is 1290. The molecule has 5 rings (SSSR count). The van der Waals surface area contributed by atoms with Crippen LogP contribution in [0.3, 0.4) is 0 Å². The van der Waals surface area contributed by atoms with Crippen molar-refractivity contribution in [1.82, 2.24) is 19.2 Å². The average molecular weight is 486 g/mol. The van der Waals surface area contributed by atoms with Crippen LogP contribution in [0.5, 0.6) is 0 Å². The van der Waals surface area contributed by atoms with Crippen LogP contribution in [0.1, 0.15) is 33.6 Å². The van der Waals surface area contributed by atoms with Crippen LogP contribution in [-0.2, 0) is 22.9 Å². The average Bonchev–Trinajstić information content (AvgIpc) is 3.22. The van der Waals surface area contributed by atoms with E-state index in [0.717, 1.165) is 27.8 Å². The van der Waals surface area contributed by atoms with E-state index in [4.69, 9.17) is 0 Å². The van der Waals surface area contributed by atoms with Crippen molar-refractivity contribution in [2.24, 2.45) is 0 Å². The maximum Gasteiger partial charge on any atom is 0.253 e. The lowest BCUT2D eigenvalue weighted by molar-refractivity contribution is 0.0746. The Morgan fingerprint density at radius 2 is 1.70 bits per heavy atom. The van der Waals surface area contributed by atoms with Gasteiger partial charge in [-0.1, -0.05) is 0 Å². The summed E-state index contributed by atoms with van der Waals surface area (Å²) in [5.74, 6) is 0.911. The van der Waals surface area contributed by atoms with Crippen LogP contribution in [0.2, 0.25) is 0 Å². The molecule has 8 nitrogen and oxygen atoms in total. The molecule has 2 aliphatic rings. The summed E-state index contributed by atoms with van der Waals surface area (Å²) < 4.78 is 25.7. The summed E-state index contributed by atoms with van der Waals surface area (Å²) in [7, 11) is -0.529. The Morgan fingerprint density at radius 3 is 2.39 bits per heavy atom. The number of aryl methyl sites for hydroxylation is 2. The number of hydrogen-bond acceptors (Lipinski definition) is 7. The minimum atomic E-state index is -3.51. The van der Waals surface area contributed by atoms with Crippen LogP contribution < -0.4 is 4.90 Å². The molecule has 3 aromatic rings. The van der Waals surface area contributed by atoms with Crippen molar-refractivity contribution >= 4 is 43.3 Å². The van der Waals surface area contributed by atoms with Gasteiger partial charge in [0.15, 0.2) is 0 Å². The van der Waals surface area contributed by atoms with Gasteiger partial charge in [0.1, 0.15) is 17.0 Å². The Hall–Kier alpha value is -2.56. The van der Waals surface area contributed by atoms with Gasteiger partial charge in [-0.05, 0) is 55.5 Å². The lowest BCUT2D eigenvalue weighted by Gasteiger charge is -2.35. The lowest BCUT2D eigenvalue weighted by Crippen LogP contribution is -2.49. The van der Waals surface area contributed by atoms with Crippen molar-refractivity contribution < 1.29 is 13.2 Å². The molecule has 10 heteroatoms. The number of nitrogens with zero attached hydrogens (tertiary/aromatic N) is 5. The largest absolute Gasteiger partial charge is 0.352 e. The van der Waals surface area contributed by atoms with Gasteiger partial charge < -0.3 is 9.80 Å². The number of anilines is 1. The minimum Gasteiger partial charge on any atom is -0.352 e. The number of piperazine rings is 1. The van der Waals surface area contributed by atoms with E-state index in [1.54, 1.807) is 29.8 Å². The third kappa shape index (κ3) is 4.00. The molecule has 33 heavy (non-hydrogen) atoms. The maximum absolute atomic E-state index is 13.0. The molecule has 174 valence electrons. The van der Waals surface area contributed by atoms with Crippen LogP contribution in [0.25, 0.3) is 10.2 Å². The second-order valence-electron chi connectivity index (χ2n) is 8.68. The summed E-state index contributed by atoms with van der Waals surface area (Å²) in [5, 5.41) is 1.20. The summed E-state index contributed by atoms with van der Waals surface area (Å²) >= 11 is 1.80. The predicted octanol–water partition coefficient (Wildman–Crippen LogP) is 2.78. The molecule has 1 aliphatic carbocycles. The zero-order valence-corrected chi connectivity index (χ0v) is 20.5. The quantitative estimate of drug-likeness (QED) is 0.565. The lowest BCUT2D eigenvalue weighted by atomic mass is 9.97. The van der Waals surface area contributed by atoms with Gasteiger partial charge >= 0.3 is 0 Å². The summed E-state index contributed by atoms with van der Waals surface area (Å²) in [4.78, 5) is 29.0. The second-order valence-corrected chi connectivity index (χ2v) is 11.9. The van der Waals surface area contributed by atoms with Crippen molar-refractivity contribution in [1.29, 1.82) is 0 Å². The van der Waals surface area contributed by atoms with Crippen molar-refractivity contribution in [3.63, 3.8) is 0 Å². The highest BCUT2D eigenvalue weighted by Crippen LogP contribution is 2.39. The fourth-order valence-electron chi connectivity index (χ4n) is 4.60. The number of aromatic nitrogens is 2. The highest BCUT2D eigenvalue weighted by molar-refractivity contribution is 7.89. The highest BCUT2D eigenvalue weighted by Gasteiger charge is 2.27. The molecule has 0 unspecified atom stereocenters. The Morgan fingerprint density at radius 1 is 1.00 bits per heavy atom. The van der Waals surface area contributed by atoms with Crippen LogP contribution in [0, 0.1) is 0 Å². The smallest absolute Gasteiger partial charge is 0.253 e. The molecule has 1 saturated heterocycles. The number of rotatable bonds is 4. The van der Waals surface area contributed by atoms with Crippen LogP contribution in [0.4, 0.5) is 5.82 Å². The molecule has 1 amide bonds. The van der Waals surface area contributed by atoms with Gasteiger partial charge in [-0.3, -0.25) is 4.79 Å². The van der Waals surface area contributed by atoms with Crippen LogP contribution >= 0.6 is 11.3 Å². The molecule has 1 fully saturated rings. The zero-order chi connectivity index (χ0) is 23.2. The first-order chi connectivity index (χ1) is 15.9. The van der Waals surface area contributed by atoms with Gasteiger partial charge in [0.2, 0.25) is 10.0 Å². The van der Waals surface area contributed by atoms with E-state index in [0.29, 0.717) is 31.7 Å². The first-order valence-corrected chi connectivity index (χ1v) is 13.4. The molecule has 0 saturated carbocycles. The maximum atomic E-state index is 13.0. The van der Waals surface area contributed by atoms with E-state index in [1.807, 2.05) is 4.90 Å². The molecule has 0 spiro atoms. The number of thiophene rings is 1. The van der Waals surface area contributed by atoms with E-state index in [2.05, 4.69) is 14.9 Å². The SMILES string of the molecule is CN(C)S(=O)(=O)c1ccc(C(=O)N2CCN(c3ncnc4sc5c(c34)CCCC5)CC2)cc1. The molecule has 0 radical (unpaired) electrons. The molecule has 1 aliphatic heterocycles. The van der Waals surface area contributed by atoms with Gasteiger partial charge in [0.05, 0.1) is 10.3 Å². The van der Waals surface area contributed by atoms with E-state index >= 15 is 0 Å². The Kier molecular flexibility index (Phi) is 5.84. The molecule has 0 bridgehead atoms. The number of fused-ring (bicyclic) bond motifs is 3. The third-order valence-corrected chi connectivity index (χ3v) is 9.51. The van der Waals surface area contributed by atoms with Crippen LogP contribution in [0.15, 0.2) is 35.5 Å². The molecule has 0 N–H and O–H groups in total. The second kappa shape index (κ2) is 8.66. The molecule has 1 aromatic carbocycles. The molecule has 0 atom stereocenters. The van der Waals surface area contributed by atoms with Crippen molar-refractivity contribution in [2.45, 2.75) is 30.6 Å². The monoisotopic (exact) mass is 485 g/mol. The van der Waals surface area contributed by atoms with E-state index in [9.17, 15) is 13.2 Å². The van der Waals surface area contributed by atoms with Crippen LogP contribution in [-0.4, -0.2) is 73.8 Å². The molecule has 3 heterocycles. The highest BCUT2D eigenvalue weighted by atomic mass is 32.2. The fraction of sp³-hybridized carbons (Fsp3) is 0.435. The predicted molar refractivity (Wildman–Crippen MR) is 129 cm³/mol. The minimum absolute atomic E-state index is 0.0794. The Labute approximate surface area is 197 Å². The first kappa shape index (κ1) is 22.2. The molecule has 2 aromatic heterocycles. The van der Waals surface area contributed by atoms with Gasteiger partial charge in [-0.15, -0.1) is 11.3 Å². The molecular formula is C23H27N5O3S2. The summed E-state index contributed by atoms with van der Waals surface area (Å²) in [6.07, 6.45) is 6.33. The summed E-state index contributed by atoms with van der Waals surface area (Å²) in [6.45, 7) is 2.59.